The minimum absolute atomic E-state index is 0.137. The summed E-state index contributed by atoms with van der Waals surface area (Å²) in [6.07, 6.45) is 1.15. The van der Waals surface area contributed by atoms with Gasteiger partial charge >= 0.3 is 0 Å². The van der Waals surface area contributed by atoms with Gasteiger partial charge in [0.1, 0.15) is 18.5 Å². The van der Waals surface area contributed by atoms with E-state index in [9.17, 15) is 4.79 Å². The minimum Gasteiger partial charge on any atom is -0.490 e. The topological polar surface area (TPSA) is 42.1 Å². The van der Waals surface area contributed by atoms with E-state index in [0.29, 0.717) is 13.2 Å². The van der Waals surface area contributed by atoms with Crippen molar-refractivity contribution in [1.29, 1.82) is 0 Å². The molecule has 1 atom stereocenters. The average Bonchev–Trinajstić information content (AvgIpc) is 3.19. The Hall–Kier alpha value is -1.55. The third-order valence-corrected chi connectivity index (χ3v) is 3.50. The normalized spacial score (nSPS) is 21.4. The Morgan fingerprint density at radius 1 is 1.56 bits per heavy atom. The van der Waals surface area contributed by atoms with E-state index in [1.807, 2.05) is 17.0 Å². The van der Waals surface area contributed by atoms with E-state index in [-0.39, 0.29) is 12.0 Å². The van der Waals surface area contributed by atoms with Crippen LogP contribution in [0.25, 0.3) is 0 Å². The lowest BCUT2D eigenvalue weighted by Gasteiger charge is -2.29. The molecule has 1 amide bonds. The van der Waals surface area contributed by atoms with Gasteiger partial charge in [-0.3, -0.25) is 4.79 Å². The summed E-state index contributed by atoms with van der Waals surface area (Å²) < 4.78 is 10.9. The van der Waals surface area contributed by atoms with Gasteiger partial charge in [-0.05, 0) is 18.1 Å². The fourth-order valence-electron chi connectivity index (χ4n) is 2.33. The van der Waals surface area contributed by atoms with E-state index in [2.05, 4.69) is 6.07 Å². The average molecular weight is 247 g/mol. The lowest BCUT2D eigenvalue weighted by molar-refractivity contribution is -0.129. The van der Waals surface area contributed by atoms with Crippen molar-refractivity contribution in [2.24, 2.45) is 0 Å². The highest BCUT2D eigenvalue weighted by molar-refractivity contribution is 5.73. The summed E-state index contributed by atoms with van der Waals surface area (Å²) in [7, 11) is 0. The highest BCUT2D eigenvalue weighted by atomic mass is 16.6. The summed E-state index contributed by atoms with van der Waals surface area (Å²) >= 11 is 0. The molecule has 0 saturated carbocycles. The Morgan fingerprint density at radius 3 is 3.11 bits per heavy atom. The zero-order valence-electron chi connectivity index (χ0n) is 10.5. The van der Waals surface area contributed by atoms with Gasteiger partial charge in [0.25, 0.3) is 0 Å². The van der Waals surface area contributed by atoms with Crippen molar-refractivity contribution >= 4 is 5.91 Å². The van der Waals surface area contributed by atoms with Gasteiger partial charge in [0.05, 0.1) is 6.61 Å². The number of carbonyl (C=O) groups excluding carboxylic acids is 1. The van der Waals surface area contributed by atoms with E-state index in [1.54, 1.807) is 6.92 Å². The maximum atomic E-state index is 11.4. The van der Waals surface area contributed by atoms with Crippen molar-refractivity contribution in [3.63, 3.8) is 0 Å². The molecule has 4 heteroatoms. The third-order valence-electron chi connectivity index (χ3n) is 3.50. The fraction of sp³-hybridized carbons (Fsp3) is 0.500. The second-order valence-electron chi connectivity index (χ2n) is 4.85. The molecule has 3 rings (SSSR count). The lowest BCUT2D eigenvalue weighted by Crippen LogP contribution is -2.34. The van der Waals surface area contributed by atoms with Gasteiger partial charge in [-0.1, -0.05) is 12.1 Å². The van der Waals surface area contributed by atoms with Gasteiger partial charge in [-0.2, -0.15) is 0 Å². The van der Waals surface area contributed by atoms with E-state index >= 15 is 0 Å². The molecule has 2 heterocycles. The predicted molar refractivity (Wildman–Crippen MR) is 66.5 cm³/mol. The van der Waals surface area contributed by atoms with Crippen LogP contribution in [0.3, 0.4) is 0 Å². The second-order valence-corrected chi connectivity index (χ2v) is 4.85. The Kier molecular flexibility index (Phi) is 2.96. The molecule has 2 aliphatic heterocycles. The monoisotopic (exact) mass is 247 g/mol. The van der Waals surface area contributed by atoms with Crippen molar-refractivity contribution in [3.8, 4) is 5.75 Å². The molecule has 0 radical (unpaired) electrons. The van der Waals surface area contributed by atoms with Crippen molar-refractivity contribution in [2.45, 2.75) is 26.0 Å². The summed E-state index contributed by atoms with van der Waals surface area (Å²) in [5.41, 5.74) is 2.45. The van der Waals surface area contributed by atoms with Crippen LogP contribution in [0.2, 0.25) is 0 Å². The van der Waals surface area contributed by atoms with Crippen LogP contribution in [0.5, 0.6) is 5.75 Å². The standard InChI is InChI=1S/C14H17NO3/c1-10(16)15-6-5-13-11(7-15)3-2-4-14(13)18-9-12-8-17-12/h2-4,12H,5-9H2,1H3. The first-order valence-electron chi connectivity index (χ1n) is 6.34. The molecule has 0 aromatic heterocycles. The first-order chi connectivity index (χ1) is 8.74. The van der Waals surface area contributed by atoms with Gasteiger partial charge in [-0.15, -0.1) is 0 Å². The molecule has 1 aromatic rings. The van der Waals surface area contributed by atoms with E-state index in [1.165, 1.54) is 11.1 Å². The maximum Gasteiger partial charge on any atom is 0.219 e. The number of rotatable bonds is 3. The van der Waals surface area contributed by atoms with Gasteiger partial charge in [0, 0.05) is 25.6 Å². The van der Waals surface area contributed by atoms with Crippen LogP contribution in [0.15, 0.2) is 18.2 Å². The molecule has 4 nitrogen and oxygen atoms in total. The van der Waals surface area contributed by atoms with Crippen molar-refractivity contribution in [2.75, 3.05) is 19.8 Å². The Balaban J connectivity index is 1.76. The Labute approximate surface area is 106 Å². The number of hydrogen-bond donors (Lipinski definition) is 0. The SMILES string of the molecule is CC(=O)N1CCc2c(cccc2OCC2CO2)C1. The van der Waals surface area contributed by atoms with Gasteiger partial charge in [-0.25, -0.2) is 0 Å². The summed E-state index contributed by atoms with van der Waals surface area (Å²) in [4.78, 5) is 13.3. The van der Waals surface area contributed by atoms with Crippen LogP contribution in [-0.2, 0) is 22.5 Å². The maximum absolute atomic E-state index is 11.4. The Bertz CT molecular complexity index is 468. The summed E-state index contributed by atoms with van der Waals surface area (Å²) in [5.74, 6) is 1.09. The minimum atomic E-state index is 0.137. The largest absolute Gasteiger partial charge is 0.490 e. The molecule has 0 bridgehead atoms. The summed E-state index contributed by atoms with van der Waals surface area (Å²) in [6.45, 7) is 4.54. The van der Waals surface area contributed by atoms with Crippen LogP contribution >= 0.6 is 0 Å². The van der Waals surface area contributed by atoms with Gasteiger partial charge in [0.2, 0.25) is 5.91 Å². The number of carbonyl (C=O) groups is 1. The zero-order valence-corrected chi connectivity index (χ0v) is 10.5. The van der Waals surface area contributed by atoms with E-state index < -0.39 is 0 Å². The fourth-order valence-corrected chi connectivity index (χ4v) is 2.33. The van der Waals surface area contributed by atoms with Crippen molar-refractivity contribution in [3.05, 3.63) is 29.3 Å². The predicted octanol–water partition coefficient (Wildman–Crippen LogP) is 1.37. The molecule has 1 unspecified atom stereocenters. The van der Waals surface area contributed by atoms with E-state index in [4.69, 9.17) is 9.47 Å². The molecular weight excluding hydrogens is 230 g/mol. The molecule has 0 aliphatic carbocycles. The first kappa shape index (κ1) is 11.5. The molecule has 0 N–H and O–H groups in total. The second kappa shape index (κ2) is 4.61. The van der Waals surface area contributed by atoms with Crippen molar-refractivity contribution < 1.29 is 14.3 Å². The number of hydrogen-bond acceptors (Lipinski definition) is 3. The van der Waals surface area contributed by atoms with Crippen LogP contribution < -0.4 is 4.74 Å². The van der Waals surface area contributed by atoms with E-state index in [0.717, 1.165) is 25.3 Å². The van der Waals surface area contributed by atoms with Gasteiger partial charge < -0.3 is 14.4 Å². The number of epoxide rings is 1. The van der Waals surface area contributed by atoms with Crippen molar-refractivity contribution in [1.82, 2.24) is 4.90 Å². The lowest BCUT2D eigenvalue weighted by atomic mass is 9.98. The number of fused-ring (bicyclic) bond motifs is 1. The zero-order chi connectivity index (χ0) is 12.5. The number of benzene rings is 1. The first-order valence-corrected chi connectivity index (χ1v) is 6.34. The molecular formula is C14H17NO3. The van der Waals surface area contributed by atoms with Crippen LogP contribution in [0.1, 0.15) is 18.1 Å². The highest BCUT2D eigenvalue weighted by Gasteiger charge is 2.25. The smallest absolute Gasteiger partial charge is 0.219 e. The van der Waals surface area contributed by atoms with Crippen LogP contribution in [0.4, 0.5) is 0 Å². The summed E-state index contributed by atoms with van der Waals surface area (Å²) in [5, 5.41) is 0. The molecule has 0 spiro atoms. The van der Waals surface area contributed by atoms with Crippen LogP contribution in [0, 0.1) is 0 Å². The highest BCUT2D eigenvalue weighted by Crippen LogP contribution is 2.28. The number of amides is 1. The van der Waals surface area contributed by atoms with Gasteiger partial charge in [0.15, 0.2) is 0 Å². The summed E-state index contributed by atoms with van der Waals surface area (Å²) in [6, 6.07) is 6.07. The quantitative estimate of drug-likeness (QED) is 0.758. The third kappa shape index (κ3) is 2.34. The molecule has 1 saturated heterocycles. The number of nitrogens with zero attached hydrogens (tertiary/aromatic N) is 1. The molecule has 96 valence electrons. The van der Waals surface area contributed by atoms with Crippen LogP contribution in [-0.4, -0.2) is 36.7 Å². The molecule has 18 heavy (non-hydrogen) atoms. The number of ether oxygens (including phenoxy) is 2. The Morgan fingerprint density at radius 2 is 2.39 bits per heavy atom. The molecule has 1 fully saturated rings. The molecule has 2 aliphatic rings. The molecule has 1 aromatic carbocycles.